The number of aromatic nitrogens is 2. The molecular formula is C22H22N4O3. The van der Waals surface area contributed by atoms with Gasteiger partial charge in [-0.15, -0.1) is 0 Å². The van der Waals surface area contributed by atoms with Gasteiger partial charge in [0.2, 0.25) is 17.6 Å². The van der Waals surface area contributed by atoms with E-state index in [0.29, 0.717) is 43.1 Å². The fourth-order valence-electron chi connectivity index (χ4n) is 3.32. The fraction of sp³-hybridized carbons (Fsp3) is 0.273. The average molecular weight is 390 g/mol. The van der Waals surface area contributed by atoms with Crippen molar-refractivity contribution in [3.05, 3.63) is 66.1 Å². The van der Waals surface area contributed by atoms with Crippen LogP contribution in [0, 0.1) is 0 Å². The molecule has 2 aromatic carbocycles. The van der Waals surface area contributed by atoms with E-state index in [9.17, 15) is 9.59 Å². The second-order valence-corrected chi connectivity index (χ2v) is 6.93. The third-order valence-electron chi connectivity index (χ3n) is 4.87. The molecule has 4 rings (SSSR count). The van der Waals surface area contributed by atoms with E-state index in [1.54, 1.807) is 17.0 Å². The van der Waals surface area contributed by atoms with Gasteiger partial charge in [0, 0.05) is 42.7 Å². The molecule has 3 aromatic rings. The normalized spacial score (nSPS) is 13.7. The first-order chi connectivity index (χ1) is 14.2. The summed E-state index contributed by atoms with van der Waals surface area (Å²) < 4.78 is 5.28. The van der Waals surface area contributed by atoms with Gasteiger partial charge in [-0.3, -0.25) is 9.59 Å². The first-order valence-corrected chi connectivity index (χ1v) is 9.77. The van der Waals surface area contributed by atoms with E-state index in [0.717, 1.165) is 24.2 Å². The lowest BCUT2D eigenvalue weighted by Gasteiger charge is -2.15. The topological polar surface area (TPSA) is 88.3 Å². The number of hydrogen-bond acceptors (Lipinski definition) is 5. The van der Waals surface area contributed by atoms with E-state index in [1.807, 2.05) is 42.5 Å². The Kier molecular flexibility index (Phi) is 5.65. The molecule has 2 amide bonds. The van der Waals surface area contributed by atoms with E-state index in [-0.39, 0.29) is 11.8 Å². The Morgan fingerprint density at radius 3 is 2.62 bits per heavy atom. The quantitative estimate of drug-likeness (QED) is 0.626. The van der Waals surface area contributed by atoms with Crippen molar-refractivity contribution < 1.29 is 14.1 Å². The number of anilines is 1. The zero-order chi connectivity index (χ0) is 20.1. The van der Waals surface area contributed by atoms with Crippen LogP contribution < -0.4 is 10.2 Å². The van der Waals surface area contributed by atoms with Crippen molar-refractivity contribution in [1.29, 1.82) is 0 Å². The molecule has 2 heterocycles. The number of carbonyl (C=O) groups is 2. The van der Waals surface area contributed by atoms with Gasteiger partial charge in [-0.2, -0.15) is 4.98 Å². The molecule has 0 atom stereocenters. The lowest BCUT2D eigenvalue weighted by atomic mass is 10.2. The van der Waals surface area contributed by atoms with Gasteiger partial charge in [0.05, 0.1) is 0 Å². The molecule has 0 bridgehead atoms. The van der Waals surface area contributed by atoms with Gasteiger partial charge >= 0.3 is 0 Å². The summed E-state index contributed by atoms with van der Waals surface area (Å²) in [6.07, 6.45) is 2.77. The molecule has 1 saturated heterocycles. The Morgan fingerprint density at radius 2 is 1.90 bits per heavy atom. The third kappa shape index (κ3) is 4.51. The molecule has 7 heteroatoms. The second kappa shape index (κ2) is 8.68. The predicted molar refractivity (Wildman–Crippen MR) is 108 cm³/mol. The van der Waals surface area contributed by atoms with Crippen LogP contribution in [0.25, 0.3) is 11.4 Å². The van der Waals surface area contributed by atoms with Crippen LogP contribution in [0.2, 0.25) is 0 Å². The van der Waals surface area contributed by atoms with Crippen LogP contribution in [0.1, 0.15) is 35.5 Å². The molecule has 0 aliphatic carbocycles. The first kappa shape index (κ1) is 18.9. The summed E-state index contributed by atoms with van der Waals surface area (Å²) in [6.45, 7) is 1.25. The lowest BCUT2D eigenvalue weighted by molar-refractivity contribution is -0.117. The minimum atomic E-state index is -0.139. The van der Waals surface area contributed by atoms with Crippen molar-refractivity contribution in [2.45, 2.75) is 25.7 Å². The van der Waals surface area contributed by atoms with Crippen LogP contribution in [0.5, 0.6) is 0 Å². The van der Waals surface area contributed by atoms with Crippen molar-refractivity contribution in [1.82, 2.24) is 15.5 Å². The zero-order valence-corrected chi connectivity index (χ0v) is 16.0. The minimum Gasteiger partial charge on any atom is -0.352 e. The fourth-order valence-corrected chi connectivity index (χ4v) is 3.32. The van der Waals surface area contributed by atoms with Crippen molar-refractivity contribution in [3.8, 4) is 11.4 Å². The summed E-state index contributed by atoms with van der Waals surface area (Å²) in [5, 5.41) is 6.89. The van der Waals surface area contributed by atoms with Crippen molar-refractivity contribution in [3.63, 3.8) is 0 Å². The largest absolute Gasteiger partial charge is 0.352 e. The van der Waals surface area contributed by atoms with E-state index in [1.165, 1.54) is 0 Å². The van der Waals surface area contributed by atoms with Gasteiger partial charge < -0.3 is 14.7 Å². The number of carbonyl (C=O) groups excluding carboxylic acids is 2. The smallest absolute Gasteiger partial charge is 0.251 e. The maximum Gasteiger partial charge on any atom is 0.251 e. The third-order valence-corrected chi connectivity index (χ3v) is 4.87. The number of benzene rings is 2. The highest BCUT2D eigenvalue weighted by Crippen LogP contribution is 2.21. The summed E-state index contributed by atoms with van der Waals surface area (Å²) in [7, 11) is 0. The minimum absolute atomic E-state index is 0.138. The number of nitrogens with zero attached hydrogens (tertiary/aromatic N) is 3. The molecular weight excluding hydrogens is 368 g/mol. The predicted octanol–water partition coefficient (Wildman–Crippen LogP) is 3.23. The standard InChI is InChI=1S/C22H22N4O3/c27-20-9-5-15-26(20)18-12-10-17(11-13-18)22(28)23-14-4-8-19-24-21(25-29-19)16-6-2-1-3-7-16/h1-3,6-7,10-13H,4-5,8-9,14-15H2,(H,23,28). The van der Waals surface area contributed by atoms with Crippen molar-refractivity contribution >= 4 is 17.5 Å². The molecule has 0 unspecified atom stereocenters. The highest BCUT2D eigenvalue weighted by atomic mass is 16.5. The molecule has 0 spiro atoms. The van der Waals surface area contributed by atoms with E-state index in [2.05, 4.69) is 15.5 Å². The highest BCUT2D eigenvalue weighted by molar-refractivity contribution is 5.97. The Balaban J connectivity index is 1.24. The molecule has 1 N–H and O–H groups in total. The summed E-state index contributed by atoms with van der Waals surface area (Å²) in [5.74, 6) is 1.12. The average Bonchev–Trinajstić information content (AvgIpc) is 3.41. The Labute approximate surface area is 168 Å². The number of hydrogen-bond donors (Lipinski definition) is 1. The van der Waals surface area contributed by atoms with Crippen LogP contribution in [0.4, 0.5) is 5.69 Å². The van der Waals surface area contributed by atoms with Crippen molar-refractivity contribution in [2.75, 3.05) is 18.0 Å². The molecule has 1 fully saturated rings. The monoisotopic (exact) mass is 390 g/mol. The maximum atomic E-state index is 12.3. The molecule has 0 radical (unpaired) electrons. The van der Waals surface area contributed by atoms with E-state index < -0.39 is 0 Å². The maximum absolute atomic E-state index is 12.3. The van der Waals surface area contributed by atoms with Gasteiger partial charge in [-0.05, 0) is 37.1 Å². The molecule has 1 aliphatic rings. The molecule has 7 nitrogen and oxygen atoms in total. The van der Waals surface area contributed by atoms with Crippen LogP contribution in [0.15, 0.2) is 59.1 Å². The molecule has 1 aliphatic heterocycles. The summed E-state index contributed by atoms with van der Waals surface area (Å²) >= 11 is 0. The van der Waals surface area contributed by atoms with Gasteiger partial charge in [-0.25, -0.2) is 0 Å². The van der Waals surface area contributed by atoms with Gasteiger partial charge in [0.1, 0.15) is 0 Å². The Hall–Kier alpha value is -3.48. The zero-order valence-electron chi connectivity index (χ0n) is 16.0. The summed E-state index contributed by atoms with van der Waals surface area (Å²) in [5.41, 5.74) is 2.33. The summed E-state index contributed by atoms with van der Waals surface area (Å²) in [6, 6.07) is 16.8. The molecule has 0 saturated carbocycles. The number of aryl methyl sites for hydroxylation is 1. The van der Waals surface area contributed by atoms with Crippen LogP contribution in [0.3, 0.4) is 0 Å². The SMILES string of the molecule is O=C(NCCCc1nc(-c2ccccc2)no1)c1ccc(N2CCCC2=O)cc1. The second-order valence-electron chi connectivity index (χ2n) is 6.93. The first-order valence-electron chi connectivity index (χ1n) is 9.77. The van der Waals surface area contributed by atoms with Crippen LogP contribution in [-0.2, 0) is 11.2 Å². The Morgan fingerprint density at radius 1 is 1.10 bits per heavy atom. The van der Waals surface area contributed by atoms with E-state index >= 15 is 0 Å². The van der Waals surface area contributed by atoms with Gasteiger partial charge in [0.25, 0.3) is 5.91 Å². The molecule has 29 heavy (non-hydrogen) atoms. The van der Waals surface area contributed by atoms with E-state index in [4.69, 9.17) is 4.52 Å². The number of amides is 2. The van der Waals surface area contributed by atoms with Crippen molar-refractivity contribution in [2.24, 2.45) is 0 Å². The van der Waals surface area contributed by atoms with Crippen LogP contribution in [-0.4, -0.2) is 35.0 Å². The Bertz CT molecular complexity index is 983. The highest BCUT2D eigenvalue weighted by Gasteiger charge is 2.21. The number of rotatable bonds is 7. The lowest BCUT2D eigenvalue weighted by Crippen LogP contribution is -2.26. The number of nitrogens with one attached hydrogen (secondary N) is 1. The van der Waals surface area contributed by atoms with Gasteiger partial charge in [0.15, 0.2) is 0 Å². The summed E-state index contributed by atoms with van der Waals surface area (Å²) in [4.78, 5) is 30.2. The molecule has 1 aromatic heterocycles. The van der Waals surface area contributed by atoms with Crippen LogP contribution >= 0.6 is 0 Å². The van der Waals surface area contributed by atoms with Gasteiger partial charge in [-0.1, -0.05) is 35.5 Å². The molecule has 148 valence electrons.